The Morgan fingerprint density at radius 3 is 2.67 bits per heavy atom. The molecular weight excluding hydrogens is 457 g/mol. The van der Waals surface area contributed by atoms with Crippen LogP contribution in [-0.4, -0.2) is 34.9 Å². The minimum absolute atomic E-state index is 0.0910. The highest BCUT2D eigenvalue weighted by atomic mass is 127. The first-order chi connectivity index (χ1) is 11.5. The zero-order valence-electron chi connectivity index (χ0n) is 13.5. The number of thiocarbonyl (C=S) groups is 1. The number of carbonyl (C=O) groups is 1. The molecule has 24 heavy (non-hydrogen) atoms. The molecule has 1 fully saturated rings. The van der Waals surface area contributed by atoms with Gasteiger partial charge >= 0.3 is 0 Å². The Bertz CT molecular complexity index is 703. The summed E-state index contributed by atoms with van der Waals surface area (Å²) < 4.78 is 12.8. The van der Waals surface area contributed by atoms with Gasteiger partial charge in [0.25, 0.3) is 5.91 Å². The van der Waals surface area contributed by atoms with Gasteiger partial charge in [0, 0.05) is 6.54 Å². The maximum atomic E-state index is 12.4. The van der Waals surface area contributed by atoms with E-state index in [2.05, 4.69) is 29.2 Å². The van der Waals surface area contributed by atoms with Crippen LogP contribution in [0.3, 0.4) is 0 Å². The first-order valence-corrected chi connectivity index (χ1v) is 9.77. The van der Waals surface area contributed by atoms with Gasteiger partial charge < -0.3 is 9.47 Å². The molecule has 0 radical (unpaired) electrons. The first kappa shape index (κ1) is 19.3. The van der Waals surface area contributed by atoms with E-state index < -0.39 is 0 Å². The fourth-order valence-electron chi connectivity index (χ4n) is 2.16. The number of rotatable bonds is 7. The zero-order chi connectivity index (χ0) is 17.7. The Labute approximate surface area is 165 Å². The molecule has 0 atom stereocenters. The summed E-state index contributed by atoms with van der Waals surface area (Å²) in [5, 5.41) is 0. The molecule has 0 aliphatic carbocycles. The monoisotopic (exact) mass is 475 g/mol. The van der Waals surface area contributed by atoms with E-state index in [9.17, 15) is 4.79 Å². The van der Waals surface area contributed by atoms with Crippen LogP contribution in [0.2, 0.25) is 0 Å². The van der Waals surface area contributed by atoms with E-state index in [0.29, 0.717) is 34.7 Å². The van der Waals surface area contributed by atoms with Crippen molar-refractivity contribution in [3.05, 3.63) is 38.8 Å². The number of hydrogen-bond donors (Lipinski definition) is 0. The lowest BCUT2D eigenvalue weighted by molar-refractivity contribution is -0.121. The first-order valence-electron chi connectivity index (χ1n) is 7.47. The minimum atomic E-state index is -0.0910. The van der Waals surface area contributed by atoms with Crippen LogP contribution in [0.1, 0.15) is 19.4 Å². The molecule has 1 aliphatic rings. The summed E-state index contributed by atoms with van der Waals surface area (Å²) >= 11 is 8.77. The summed E-state index contributed by atoms with van der Waals surface area (Å²) in [5.74, 6) is 1.32. The van der Waals surface area contributed by atoms with Crippen LogP contribution in [0.5, 0.6) is 11.5 Å². The van der Waals surface area contributed by atoms with Crippen molar-refractivity contribution in [2.45, 2.75) is 13.8 Å². The Morgan fingerprint density at radius 2 is 2.04 bits per heavy atom. The lowest BCUT2D eigenvalue weighted by Gasteiger charge is -2.13. The molecule has 4 nitrogen and oxygen atoms in total. The number of amides is 1. The van der Waals surface area contributed by atoms with Crippen LogP contribution in [0.4, 0.5) is 0 Å². The van der Waals surface area contributed by atoms with Crippen LogP contribution in [-0.2, 0) is 4.79 Å². The van der Waals surface area contributed by atoms with E-state index in [4.69, 9.17) is 21.7 Å². The minimum Gasteiger partial charge on any atom is -0.490 e. The molecule has 0 bridgehead atoms. The smallest absolute Gasteiger partial charge is 0.266 e. The lowest BCUT2D eigenvalue weighted by atomic mass is 10.2. The maximum absolute atomic E-state index is 12.4. The summed E-state index contributed by atoms with van der Waals surface area (Å²) in [6.07, 6.45) is 3.50. The van der Waals surface area contributed by atoms with Gasteiger partial charge in [0.2, 0.25) is 0 Å². The Balaban J connectivity index is 2.37. The predicted octanol–water partition coefficient (Wildman–Crippen LogP) is 4.48. The Morgan fingerprint density at radius 1 is 1.33 bits per heavy atom. The number of hydrogen-bond acceptors (Lipinski definition) is 5. The molecular formula is C17H18INO3S2. The third kappa shape index (κ3) is 4.31. The highest BCUT2D eigenvalue weighted by Gasteiger charge is 2.31. The van der Waals surface area contributed by atoms with Gasteiger partial charge in [0.15, 0.2) is 11.5 Å². The fourth-order valence-corrected chi connectivity index (χ4v) is 4.21. The van der Waals surface area contributed by atoms with E-state index in [1.165, 1.54) is 11.8 Å². The molecule has 0 unspecified atom stereocenters. The molecule has 0 aromatic heterocycles. The Hall–Kier alpha value is -1.06. The van der Waals surface area contributed by atoms with Gasteiger partial charge in [-0.05, 0) is 60.2 Å². The molecule has 1 aromatic carbocycles. The molecule has 0 N–H and O–H groups in total. The summed E-state index contributed by atoms with van der Waals surface area (Å²) in [7, 11) is 0. The molecule has 2 rings (SSSR count). The van der Waals surface area contributed by atoms with Crippen LogP contribution >= 0.6 is 46.6 Å². The van der Waals surface area contributed by atoms with Crippen molar-refractivity contribution in [3.63, 3.8) is 0 Å². The topological polar surface area (TPSA) is 38.8 Å². The average Bonchev–Trinajstić information content (AvgIpc) is 2.79. The fraction of sp³-hybridized carbons (Fsp3) is 0.294. The summed E-state index contributed by atoms with van der Waals surface area (Å²) in [6, 6.07) is 3.85. The van der Waals surface area contributed by atoms with Gasteiger partial charge in [-0.25, -0.2) is 0 Å². The molecule has 0 saturated carbocycles. The van der Waals surface area contributed by atoms with Crippen LogP contribution in [0.15, 0.2) is 29.7 Å². The van der Waals surface area contributed by atoms with E-state index in [1.54, 1.807) is 11.0 Å². The van der Waals surface area contributed by atoms with Gasteiger partial charge in [0.05, 0.1) is 21.7 Å². The second kappa shape index (κ2) is 8.87. The van der Waals surface area contributed by atoms with Crippen LogP contribution in [0, 0.1) is 3.57 Å². The Kier molecular flexibility index (Phi) is 7.12. The van der Waals surface area contributed by atoms with Gasteiger partial charge in [-0.1, -0.05) is 30.1 Å². The molecule has 1 aromatic rings. The molecule has 7 heteroatoms. The third-order valence-electron chi connectivity index (χ3n) is 3.10. The number of nitrogens with zero attached hydrogens (tertiary/aromatic N) is 1. The van der Waals surface area contributed by atoms with E-state index in [1.807, 2.05) is 32.1 Å². The van der Waals surface area contributed by atoms with Crippen molar-refractivity contribution >= 4 is 62.9 Å². The lowest BCUT2D eigenvalue weighted by Crippen LogP contribution is -2.27. The number of thioether (sulfide) groups is 1. The van der Waals surface area contributed by atoms with Gasteiger partial charge in [-0.2, -0.15) is 0 Å². The van der Waals surface area contributed by atoms with Crippen LogP contribution < -0.4 is 9.47 Å². The zero-order valence-corrected chi connectivity index (χ0v) is 17.3. The van der Waals surface area contributed by atoms with Gasteiger partial charge in [-0.3, -0.25) is 9.69 Å². The maximum Gasteiger partial charge on any atom is 0.266 e. The van der Waals surface area contributed by atoms with Gasteiger partial charge in [-0.15, -0.1) is 6.58 Å². The highest BCUT2D eigenvalue weighted by molar-refractivity contribution is 14.1. The van der Waals surface area contributed by atoms with Crippen molar-refractivity contribution in [2.24, 2.45) is 0 Å². The van der Waals surface area contributed by atoms with Crippen molar-refractivity contribution in [2.75, 3.05) is 19.8 Å². The van der Waals surface area contributed by atoms with Crippen molar-refractivity contribution in [1.82, 2.24) is 4.90 Å². The molecule has 1 heterocycles. The van der Waals surface area contributed by atoms with Crippen molar-refractivity contribution < 1.29 is 14.3 Å². The molecule has 1 amide bonds. The number of carbonyl (C=O) groups excluding carboxylic acids is 1. The average molecular weight is 475 g/mol. The largest absolute Gasteiger partial charge is 0.490 e. The second-order valence-corrected chi connectivity index (χ2v) is 7.61. The summed E-state index contributed by atoms with van der Waals surface area (Å²) in [5.41, 5.74) is 0.880. The second-order valence-electron chi connectivity index (χ2n) is 4.78. The van der Waals surface area contributed by atoms with E-state index in [-0.39, 0.29) is 5.91 Å². The van der Waals surface area contributed by atoms with E-state index >= 15 is 0 Å². The molecule has 1 aliphatic heterocycles. The highest BCUT2D eigenvalue weighted by Crippen LogP contribution is 2.37. The number of benzene rings is 1. The summed E-state index contributed by atoms with van der Waals surface area (Å²) in [6.45, 7) is 9.05. The number of halogens is 1. The van der Waals surface area contributed by atoms with Crippen molar-refractivity contribution in [1.29, 1.82) is 0 Å². The van der Waals surface area contributed by atoms with Gasteiger partial charge in [0.1, 0.15) is 4.32 Å². The quantitative estimate of drug-likeness (QED) is 0.252. The van der Waals surface area contributed by atoms with Crippen LogP contribution in [0.25, 0.3) is 6.08 Å². The van der Waals surface area contributed by atoms with E-state index in [0.717, 1.165) is 14.9 Å². The molecule has 0 spiro atoms. The molecule has 1 saturated heterocycles. The normalized spacial score (nSPS) is 16.0. The molecule has 128 valence electrons. The standard InChI is InChI=1S/C17H18INO3S2/c1-4-7-19-16(20)14(24-17(19)23)10-11-8-12(18)15(22-6-3)13(9-11)21-5-2/h4,8-10H,1,5-7H2,2-3H3/b14-10-. The number of ether oxygens (including phenoxy) is 2. The predicted molar refractivity (Wildman–Crippen MR) is 112 cm³/mol. The third-order valence-corrected chi connectivity index (χ3v) is 5.28. The van der Waals surface area contributed by atoms with Crippen molar-refractivity contribution in [3.8, 4) is 11.5 Å². The SMILES string of the molecule is C=CCN1C(=O)/C(=C/c2cc(I)c(OCC)c(OCC)c2)SC1=S. The summed E-state index contributed by atoms with van der Waals surface area (Å²) in [4.78, 5) is 14.6.